The van der Waals surface area contributed by atoms with E-state index in [0.717, 1.165) is 0 Å². The van der Waals surface area contributed by atoms with Crippen LogP contribution in [0.1, 0.15) is 67.1 Å². The number of nitrogens with two attached hydrogens (primary N) is 2. The van der Waals surface area contributed by atoms with Crippen molar-refractivity contribution in [2.24, 2.45) is 0 Å². The number of aromatic nitrogens is 4. The minimum atomic E-state index is -3.21. The van der Waals surface area contributed by atoms with E-state index in [-0.39, 0.29) is 17.3 Å². The zero-order valence-electron chi connectivity index (χ0n) is 21.1. The second-order valence-electron chi connectivity index (χ2n) is 3.50. The second-order valence-corrected chi connectivity index (χ2v) is 3.50. The number of hydrogen-bond donors (Lipinski definition) is 2. The summed E-state index contributed by atoms with van der Waals surface area (Å²) >= 11 is 0. The van der Waals surface area contributed by atoms with Crippen LogP contribution in [0.25, 0.3) is 11.2 Å². The molecule has 0 fully saturated rings. The molecular weight excluding hydrogens is 228 g/mol. The van der Waals surface area contributed by atoms with Gasteiger partial charge in [0, 0.05) is 16.4 Å². The lowest BCUT2D eigenvalue weighted by molar-refractivity contribution is 0.735. The molecule has 0 saturated heterocycles. The van der Waals surface area contributed by atoms with E-state index in [1.54, 1.807) is 0 Å². The van der Waals surface area contributed by atoms with Crippen LogP contribution >= 0.6 is 0 Å². The van der Waals surface area contributed by atoms with Crippen molar-refractivity contribution in [3.05, 3.63) is 11.4 Å². The summed E-state index contributed by atoms with van der Waals surface area (Å²) in [6, 6.07) is 0. The lowest BCUT2D eigenvalue weighted by Gasteiger charge is -2.14. The molecule has 0 unspecified atom stereocenters. The first kappa shape index (κ1) is 4.29. The van der Waals surface area contributed by atoms with Gasteiger partial charge in [0.05, 0.1) is 11.4 Å². The predicted molar refractivity (Wildman–Crippen MR) is 72.1 cm³/mol. The smallest absolute Gasteiger partial charge is 0.224 e. The van der Waals surface area contributed by atoms with Gasteiger partial charge in [-0.25, -0.2) is 9.97 Å². The highest BCUT2D eigenvalue weighted by Gasteiger charge is 2.17. The average molecular weight is 258 g/mol. The van der Waals surface area contributed by atoms with E-state index in [1.807, 2.05) is 0 Å². The van der Waals surface area contributed by atoms with E-state index in [4.69, 9.17) is 27.9 Å². The van der Waals surface area contributed by atoms with Crippen LogP contribution in [0.3, 0.4) is 0 Å². The molecule has 0 aliphatic heterocycles. The Kier molecular flexibility index (Phi) is 1.04. The van der Waals surface area contributed by atoms with E-state index in [2.05, 4.69) is 19.9 Å². The topological polar surface area (TPSA) is 104 Å². The van der Waals surface area contributed by atoms with Gasteiger partial charge in [-0.2, -0.15) is 9.97 Å². The summed E-state index contributed by atoms with van der Waals surface area (Å²) in [6.45, 7) is -12.8. The minimum absolute atomic E-state index is 0.337. The zero-order chi connectivity index (χ0) is 23.4. The van der Waals surface area contributed by atoms with Crippen LogP contribution in [-0.4, -0.2) is 19.9 Å². The fraction of sp³-hybridized carbons (Fsp3) is 0.500. The third-order valence-electron chi connectivity index (χ3n) is 2.18. The largest absolute Gasteiger partial charge is 0.382 e. The average Bonchev–Trinajstić information content (AvgIpc) is 2.42. The standard InChI is InChI=1S/C12H18N6/c1-5(2)7-8(6(3)4)16-11-9(15-7)10(13)17-12(14)18-11/h5-6H,1-4H3,(H4,13,14,16,17,18)/i1D3,2D3,3D3,4D3. The van der Waals surface area contributed by atoms with Crippen LogP contribution < -0.4 is 11.5 Å². The lowest BCUT2D eigenvalue weighted by Crippen LogP contribution is -2.10. The predicted octanol–water partition coefficient (Wildman–Crippen LogP) is 1.83. The first-order valence-electron chi connectivity index (χ1n) is 10.8. The lowest BCUT2D eigenvalue weighted by atomic mass is 10.0. The SMILES string of the molecule is [2H]C([2H])([2H])C(c1nc2nc(N)nc(N)c2nc1C(C([2H])([2H])[2H])C([2H])([2H])[2H])C([2H])([2H])[2H]. The van der Waals surface area contributed by atoms with E-state index >= 15 is 0 Å². The Hall–Kier alpha value is -1.98. The van der Waals surface area contributed by atoms with E-state index in [1.165, 1.54) is 0 Å². The molecule has 0 saturated carbocycles. The number of nitrogen functional groups attached to an aromatic ring is 2. The molecule has 2 aromatic heterocycles. The maximum atomic E-state index is 7.67. The molecular formula is C12H18N6. The first-order chi connectivity index (χ1) is 13.2. The molecule has 0 atom stereocenters. The fourth-order valence-corrected chi connectivity index (χ4v) is 1.44. The molecule has 4 N–H and O–H groups in total. The van der Waals surface area contributed by atoms with Crippen LogP contribution in [0.4, 0.5) is 11.8 Å². The molecule has 2 aromatic rings. The van der Waals surface area contributed by atoms with E-state index in [9.17, 15) is 0 Å². The third-order valence-corrected chi connectivity index (χ3v) is 2.18. The molecule has 6 nitrogen and oxygen atoms in total. The Labute approximate surface area is 123 Å². The highest BCUT2D eigenvalue weighted by Crippen LogP contribution is 2.26. The van der Waals surface area contributed by atoms with Crippen molar-refractivity contribution in [1.82, 2.24) is 19.9 Å². The summed E-state index contributed by atoms with van der Waals surface area (Å²) < 4.78 is 92.0. The Morgan fingerprint density at radius 1 is 0.889 bits per heavy atom. The highest BCUT2D eigenvalue weighted by molar-refractivity contribution is 5.82. The minimum Gasteiger partial charge on any atom is -0.382 e. The van der Waals surface area contributed by atoms with Gasteiger partial charge in [0.1, 0.15) is 0 Å². The summed E-state index contributed by atoms with van der Waals surface area (Å²) in [4.78, 5) is 15.2. The van der Waals surface area contributed by atoms with Gasteiger partial charge in [-0.1, -0.05) is 27.4 Å². The van der Waals surface area contributed by atoms with Gasteiger partial charge in [0.25, 0.3) is 0 Å². The Morgan fingerprint density at radius 2 is 1.50 bits per heavy atom. The molecule has 0 amide bonds. The Bertz CT molecular complexity index is 916. The number of rotatable bonds is 2. The van der Waals surface area contributed by atoms with Crippen LogP contribution in [0, 0.1) is 0 Å². The molecule has 0 spiro atoms. The van der Waals surface area contributed by atoms with Gasteiger partial charge < -0.3 is 11.5 Å². The number of anilines is 2. The third kappa shape index (κ3) is 2.05. The van der Waals surface area contributed by atoms with Crippen LogP contribution in [-0.2, 0) is 0 Å². The molecule has 0 aromatic carbocycles. The molecule has 2 heterocycles. The fourth-order valence-electron chi connectivity index (χ4n) is 1.44. The molecule has 0 aliphatic carbocycles. The monoisotopic (exact) mass is 258 g/mol. The number of hydrogen-bond acceptors (Lipinski definition) is 6. The van der Waals surface area contributed by atoms with Crippen molar-refractivity contribution < 1.29 is 16.4 Å². The van der Waals surface area contributed by atoms with E-state index in [0.29, 0.717) is 0 Å². The van der Waals surface area contributed by atoms with E-state index < -0.39 is 56.3 Å². The van der Waals surface area contributed by atoms with Crippen molar-refractivity contribution in [3.63, 3.8) is 0 Å². The quantitative estimate of drug-likeness (QED) is 0.851. The highest BCUT2D eigenvalue weighted by atomic mass is 15.1. The molecule has 2 rings (SSSR count). The van der Waals surface area contributed by atoms with Crippen molar-refractivity contribution in [2.45, 2.75) is 39.2 Å². The molecule has 0 radical (unpaired) electrons. The second kappa shape index (κ2) is 4.36. The number of fused-ring (bicyclic) bond motifs is 1. The van der Waals surface area contributed by atoms with Gasteiger partial charge in [0.15, 0.2) is 17.0 Å². The maximum Gasteiger partial charge on any atom is 0.224 e. The summed E-state index contributed by atoms with van der Waals surface area (Å²) in [7, 11) is 0. The summed E-state index contributed by atoms with van der Waals surface area (Å²) in [5.74, 6) is -5.44. The summed E-state index contributed by atoms with van der Waals surface area (Å²) in [5, 5.41) is 0. The van der Waals surface area contributed by atoms with Crippen LogP contribution in [0.2, 0.25) is 0 Å². The van der Waals surface area contributed by atoms with Gasteiger partial charge in [-0.15, -0.1) is 0 Å². The van der Waals surface area contributed by atoms with Crippen molar-refractivity contribution in [1.29, 1.82) is 0 Å². The summed E-state index contributed by atoms with van der Waals surface area (Å²) in [5.41, 5.74) is 8.76. The maximum absolute atomic E-state index is 7.67. The molecule has 0 bridgehead atoms. The molecule has 0 aliphatic rings. The van der Waals surface area contributed by atoms with Gasteiger partial charge in [-0.05, 0) is 11.8 Å². The molecule has 18 heavy (non-hydrogen) atoms. The van der Waals surface area contributed by atoms with Crippen LogP contribution in [0.5, 0.6) is 0 Å². The first-order valence-corrected chi connectivity index (χ1v) is 4.85. The molecule has 96 valence electrons. The van der Waals surface area contributed by atoms with Gasteiger partial charge in [0.2, 0.25) is 5.95 Å². The van der Waals surface area contributed by atoms with Crippen molar-refractivity contribution in [3.8, 4) is 0 Å². The van der Waals surface area contributed by atoms with Crippen LogP contribution in [0.15, 0.2) is 0 Å². The normalized spacial score (nSPS) is 24.3. The number of nitrogens with zero attached hydrogens (tertiary/aromatic N) is 4. The van der Waals surface area contributed by atoms with Gasteiger partial charge >= 0.3 is 0 Å². The summed E-state index contributed by atoms with van der Waals surface area (Å²) in [6.07, 6.45) is 0. The zero-order valence-corrected chi connectivity index (χ0v) is 9.10. The van der Waals surface area contributed by atoms with Gasteiger partial charge in [-0.3, -0.25) is 0 Å². The molecule has 6 heteroatoms. The van der Waals surface area contributed by atoms with Crippen molar-refractivity contribution >= 4 is 22.9 Å². The Morgan fingerprint density at radius 3 is 2.11 bits per heavy atom. The van der Waals surface area contributed by atoms with Crippen molar-refractivity contribution in [2.75, 3.05) is 11.5 Å². The Balaban J connectivity index is 3.06.